The van der Waals surface area contributed by atoms with E-state index in [4.69, 9.17) is 5.14 Å². The molecule has 0 aliphatic rings. The molecule has 0 bridgehead atoms. The maximum absolute atomic E-state index is 11.1. The number of anilines is 1. The zero-order valence-corrected chi connectivity index (χ0v) is 11.4. The van der Waals surface area contributed by atoms with E-state index < -0.39 is 10.0 Å². The Labute approximate surface area is 112 Å². The van der Waals surface area contributed by atoms with E-state index in [-0.39, 0.29) is 4.90 Å². The summed E-state index contributed by atoms with van der Waals surface area (Å²) in [5.41, 5.74) is 0.957. The minimum Gasteiger partial charge on any atom is -0.352 e. The van der Waals surface area contributed by atoms with E-state index in [0.29, 0.717) is 6.54 Å². The predicted octanol–water partition coefficient (Wildman–Crippen LogP) is 1.16. The molecule has 3 N–H and O–H groups in total. The van der Waals surface area contributed by atoms with Crippen molar-refractivity contribution in [3.63, 3.8) is 0 Å². The lowest BCUT2D eigenvalue weighted by molar-refractivity contribution is 0.598. The zero-order chi connectivity index (χ0) is 13.9. The Bertz CT molecular complexity index is 647. The van der Waals surface area contributed by atoms with E-state index in [2.05, 4.69) is 10.3 Å². The molecule has 0 unspecified atom stereocenters. The van der Waals surface area contributed by atoms with E-state index in [9.17, 15) is 8.42 Å². The number of imidazole rings is 1. The summed E-state index contributed by atoms with van der Waals surface area (Å²) < 4.78 is 24.2. The number of nitrogens with one attached hydrogen (secondary N) is 1. The largest absolute Gasteiger partial charge is 0.352 e. The van der Waals surface area contributed by atoms with E-state index in [1.807, 2.05) is 17.7 Å². The second-order valence-corrected chi connectivity index (χ2v) is 5.64. The molecule has 102 valence electrons. The third-order valence-corrected chi connectivity index (χ3v) is 3.69. The summed E-state index contributed by atoms with van der Waals surface area (Å²) in [6.07, 6.45) is 3.63. The Hall–Kier alpha value is -1.86. The summed E-state index contributed by atoms with van der Waals surface area (Å²) in [4.78, 5) is 4.31. The molecule has 0 radical (unpaired) electrons. The number of aryl methyl sites for hydroxylation is 1. The first kappa shape index (κ1) is 13.6. The number of hydrogen-bond acceptors (Lipinski definition) is 4. The maximum Gasteiger partial charge on any atom is 0.238 e. The molecule has 0 saturated heterocycles. The van der Waals surface area contributed by atoms with Crippen LogP contribution in [0.25, 0.3) is 0 Å². The molecule has 0 aliphatic carbocycles. The average molecular weight is 280 g/mol. The van der Waals surface area contributed by atoms with Crippen LogP contribution in [0.5, 0.6) is 0 Å². The van der Waals surface area contributed by atoms with Crippen molar-refractivity contribution in [3.05, 3.63) is 42.2 Å². The molecule has 0 fully saturated rings. The highest BCUT2D eigenvalue weighted by Crippen LogP contribution is 2.11. The number of nitrogens with zero attached hydrogens (tertiary/aromatic N) is 2. The van der Waals surface area contributed by atoms with Gasteiger partial charge in [0.25, 0.3) is 0 Å². The molecular weight excluding hydrogens is 264 g/mol. The van der Waals surface area contributed by atoms with Crippen molar-refractivity contribution in [2.24, 2.45) is 5.14 Å². The lowest BCUT2D eigenvalue weighted by Gasteiger charge is -2.08. The summed E-state index contributed by atoms with van der Waals surface area (Å²) in [5, 5.41) is 8.23. The third-order valence-electron chi connectivity index (χ3n) is 2.76. The van der Waals surface area contributed by atoms with Crippen LogP contribution in [0.2, 0.25) is 0 Å². The van der Waals surface area contributed by atoms with E-state index in [0.717, 1.165) is 18.1 Å². The quantitative estimate of drug-likeness (QED) is 0.860. The first-order chi connectivity index (χ1) is 9.00. The van der Waals surface area contributed by atoms with Crippen molar-refractivity contribution in [1.82, 2.24) is 9.55 Å². The molecule has 7 heteroatoms. The number of hydrogen-bond donors (Lipinski definition) is 2. The number of nitrogens with two attached hydrogens (primary N) is 1. The molecule has 1 heterocycles. The van der Waals surface area contributed by atoms with Crippen molar-refractivity contribution < 1.29 is 8.42 Å². The molecule has 0 atom stereocenters. The van der Waals surface area contributed by atoms with Gasteiger partial charge in [0.15, 0.2) is 0 Å². The van der Waals surface area contributed by atoms with Crippen LogP contribution in [0.4, 0.5) is 5.95 Å². The van der Waals surface area contributed by atoms with Crippen molar-refractivity contribution >= 4 is 16.0 Å². The molecule has 2 rings (SSSR count). The number of aromatic nitrogens is 2. The fourth-order valence-corrected chi connectivity index (χ4v) is 2.23. The lowest BCUT2D eigenvalue weighted by atomic mass is 10.2. The molecule has 0 saturated carbocycles. The summed E-state index contributed by atoms with van der Waals surface area (Å²) in [6, 6.07) is 6.45. The van der Waals surface area contributed by atoms with Gasteiger partial charge in [-0.2, -0.15) is 0 Å². The van der Waals surface area contributed by atoms with E-state index >= 15 is 0 Å². The van der Waals surface area contributed by atoms with Gasteiger partial charge in [-0.15, -0.1) is 0 Å². The SMILES string of the molecule is CCn1ccnc1NCc1ccc(S(N)(=O)=O)cc1. The fourth-order valence-electron chi connectivity index (χ4n) is 1.71. The number of benzene rings is 1. The van der Waals surface area contributed by atoms with E-state index in [1.54, 1.807) is 18.3 Å². The molecule has 6 nitrogen and oxygen atoms in total. The van der Waals surface area contributed by atoms with Crippen LogP contribution in [-0.4, -0.2) is 18.0 Å². The van der Waals surface area contributed by atoms with Gasteiger partial charge in [-0.1, -0.05) is 12.1 Å². The van der Waals surface area contributed by atoms with Gasteiger partial charge >= 0.3 is 0 Å². The number of rotatable bonds is 5. The predicted molar refractivity (Wildman–Crippen MR) is 73.0 cm³/mol. The standard InChI is InChI=1S/C12H16N4O2S/c1-2-16-8-7-14-12(16)15-9-10-3-5-11(6-4-10)19(13,17)18/h3-8H,2,9H2,1H3,(H,14,15)(H2,13,17,18). The molecule has 2 aromatic rings. The third kappa shape index (κ3) is 3.33. The van der Waals surface area contributed by atoms with Gasteiger partial charge in [0, 0.05) is 25.5 Å². The normalized spacial score (nSPS) is 11.5. The summed E-state index contributed by atoms with van der Waals surface area (Å²) in [7, 11) is -3.63. The van der Waals surface area contributed by atoms with Crippen molar-refractivity contribution in [2.45, 2.75) is 24.9 Å². The van der Waals surface area contributed by atoms with Crippen LogP contribution in [0.15, 0.2) is 41.6 Å². The van der Waals surface area contributed by atoms with Crippen LogP contribution < -0.4 is 10.5 Å². The topological polar surface area (TPSA) is 90.0 Å². The number of sulfonamides is 1. The Kier molecular flexibility index (Phi) is 3.87. The van der Waals surface area contributed by atoms with Crippen molar-refractivity contribution in [2.75, 3.05) is 5.32 Å². The molecule has 0 aliphatic heterocycles. The smallest absolute Gasteiger partial charge is 0.238 e. The second kappa shape index (κ2) is 5.41. The minimum atomic E-state index is -3.63. The highest BCUT2D eigenvalue weighted by atomic mass is 32.2. The van der Waals surface area contributed by atoms with Gasteiger partial charge in [0.1, 0.15) is 0 Å². The zero-order valence-electron chi connectivity index (χ0n) is 10.6. The monoisotopic (exact) mass is 280 g/mol. The minimum absolute atomic E-state index is 0.117. The number of primary sulfonamides is 1. The van der Waals surface area contributed by atoms with Gasteiger partial charge in [-0.05, 0) is 24.6 Å². The average Bonchev–Trinajstić information content (AvgIpc) is 2.83. The van der Waals surface area contributed by atoms with Crippen LogP contribution >= 0.6 is 0 Å². The molecule has 0 amide bonds. The van der Waals surface area contributed by atoms with E-state index in [1.165, 1.54) is 12.1 Å². The molecule has 19 heavy (non-hydrogen) atoms. The van der Waals surface area contributed by atoms with Gasteiger partial charge in [-0.3, -0.25) is 0 Å². The van der Waals surface area contributed by atoms with Gasteiger partial charge in [-0.25, -0.2) is 18.5 Å². The first-order valence-electron chi connectivity index (χ1n) is 5.87. The Balaban J connectivity index is 2.05. The van der Waals surface area contributed by atoms with Crippen LogP contribution in [-0.2, 0) is 23.1 Å². The molecule has 0 spiro atoms. The van der Waals surface area contributed by atoms with Crippen LogP contribution in [0, 0.1) is 0 Å². The van der Waals surface area contributed by atoms with Crippen molar-refractivity contribution in [3.8, 4) is 0 Å². The van der Waals surface area contributed by atoms with Gasteiger partial charge < -0.3 is 9.88 Å². The summed E-state index contributed by atoms with van der Waals surface area (Å²) in [6.45, 7) is 3.45. The molecule has 1 aromatic carbocycles. The molecule has 1 aromatic heterocycles. The van der Waals surface area contributed by atoms with Crippen LogP contribution in [0.1, 0.15) is 12.5 Å². The summed E-state index contributed by atoms with van der Waals surface area (Å²) in [5.74, 6) is 0.790. The fraction of sp³-hybridized carbons (Fsp3) is 0.250. The van der Waals surface area contributed by atoms with Crippen molar-refractivity contribution in [1.29, 1.82) is 0 Å². The lowest BCUT2D eigenvalue weighted by Crippen LogP contribution is -2.12. The highest BCUT2D eigenvalue weighted by molar-refractivity contribution is 7.89. The molecular formula is C12H16N4O2S. The first-order valence-corrected chi connectivity index (χ1v) is 7.42. The van der Waals surface area contributed by atoms with Gasteiger partial charge in [0.05, 0.1) is 4.90 Å². The maximum atomic E-state index is 11.1. The Morgan fingerprint density at radius 1 is 1.32 bits per heavy atom. The highest BCUT2D eigenvalue weighted by Gasteiger charge is 2.07. The Morgan fingerprint density at radius 3 is 2.58 bits per heavy atom. The van der Waals surface area contributed by atoms with Crippen LogP contribution in [0.3, 0.4) is 0 Å². The Morgan fingerprint density at radius 2 is 2.00 bits per heavy atom. The van der Waals surface area contributed by atoms with Gasteiger partial charge in [0.2, 0.25) is 16.0 Å². The summed E-state index contributed by atoms with van der Waals surface area (Å²) >= 11 is 0. The second-order valence-electron chi connectivity index (χ2n) is 4.08.